The van der Waals surface area contributed by atoms with Crippen molar-refractivity contribution >= 4 is 17.2 Å². The molecule has 1 amide bonds. The lowest BCUT2D eigenvalue weighted by atomic mass is 10.1. The minimum atomic E-state index is -0.498. The van der Waals surface area contributed by atoms with Crippen molar-refractivity contribution in [2.45, 2.75) is 39.9 Å². The number of hydrogen-bond donors (Lipinski definition) is 1. The summed E-state index contributed by atoms with van der Waals surface area (Å²) in [7, 11) is 0. The van der Waals surface area contributed by atoms with Crippen molar-refractivity contribution in [2.24, 2.45) is 0 Å². The summed E-state index contributed by atoms with van der Waals surface area (Å²) in [5, 5.41) is 2.88. The second-order valence-corrected chi connectivity index (χ2v) is 8.25. The Morgan fingerprint density at radius 3 is 2.50 bits per heavy atom. The number of carbonyl (C=O) groups is 1. The molecule has 7 heteroatoms. The van der Waals surface area contributed by atoms with E-state index in [4.69, 9.17) is 0 Å². The SMILES string of the molecule is Cc1cc(C(C)NC(=O)Cn2c(=O)ccn(Cc3ccccc3)c2=O)c(C)s1. The fraction of sp³-hybridized carbons (Fsp3) is 0.286. The van der Waals surface area contributed by atoms with Crippen LogP contribution in [0.3, 0.4) is 0 Å². The molecule has 1 unspecified atom stereocenters. The Balaban J connectivity index is 1.77. The molecule has 2 aromatic heterocycles. The normalized spacial score (nSPS) is 12.0. The van der Waals surface area contributed by atoms with Gasteiger partial charge in [-0.15, -0.1) is 11.3 Å². The molecule has 0 aliphatic heterocycles. The highest BCUT2D eigenvalue weighted by Gasteiger charge is 2.16. The van der Waals surface area contributed by atoms with Crippen molar-refractivity contribution in [2.75, 3.05) is 0 Å². The van der Waals surface area contributed by atoms with E-state index in [1.54, 1.807) is 11.3 Å². The molecule has 1 N–H and O–H groups in total. The van der Waals surface area contributed by atoms with Crippen LogP contribution in [0, 0.1) is 13.8 Å². The first-order chi connectivity index (χ1) is 13.3. The highest BCUT2D eigenvalue weighted by Crippen LogP contribution is 2.25. The molecule has 0 fully saturated rings. The van der Waals surface area contributed by atoms with Gasteiger partial charge in [0.15, 0.2) is 0 Å². The zero-order valence-corrected chi connectivity index (χ0v) is 17.0. The monoisotopic (exact) mass is 397 g/mol. The number of nitrogens with one attached hydrogen (secondary N) is 1. The van der Waals surface area contributed by atoms with Gasteiger partial charge in [0, 0.05) is 22.0 Å². The van der Waals surface area contributed by atoms with Crippen LogP contribution in [-0.4, -0.2) is 15.0 Å². The van der Waals surface area contributed by atoms with Gasteiger partial charge in [0.1, 0.15) is 6.54 Å². The molecule has 3 rings (SSSR count). The second kappa shape index (κ2) is 8.39. The lowest BCUT2D eigenvalue weighted by molar-refractivity contribution is -0.122. The van der Waals surface area contributed by atoms with E-state index >= 15 is 0 Å². The Labute approximate surface area is 167 Å². The van der Waals surface area contributed by atoms with E-state index in [9.17, 15) is 14.4 Å². The van der Waals surface area contributed by atoms with Crippen LogP contribution < -0.4 is 16.6 Å². The topological polar surface area (TPSA) is 73.1 Å². The number of aryl methyl sites for hydroxylation is 2. The lowest BCUT2D eigenvalue weighted by Gasteiger charge is -2.15. The van der Waals surface area contributed by atoms with Crippen molar-refractivity contribution in [1.29, 1.82) is 0 Å². The first kappa shape index (κ1) is 19.8. The van der Waals surface area contributed by atoms with Crippen molar-refractivity contribution in [1.82, 2.24) is 14.5 Å². The molecule has 6 nitrogen and oxygen atoms in total. The number of amides is 1. The minimum absolute atomic E-state index is 0.191. The van der Waals surface area contributed by atoms with Crippen LogP contribution in [0.4, 0.5) is 0 Å². The molecule has 1 atom stereocenters. The molecule has 3 aromatic rings. The standard InChI is InChI=1S/C21H23N3O3S/c1-14-11-18(16(3)28-14)15(2)22-19(25)13-24-20(26)9-10-23(21(24)27)12-17-7-5-4-6-8-17/h4-11,15H,12-13H2,1-3H3,(H,22,25). The fourth-order valence-electron chi connectivity index (χ4n) is 3.19. The fourth-order valence-corrected chi connectivity index (χ4v) is 4.21. The zero-order chi connectivity index (χ0) is 20.3. The number of aromatic nitrogens is 2. The van der Waals surface area contributed by atoms with Crippen LogP contribution in [0.5, 0.6) is 0 Å². The summed E-state index contributed by atoms with van der Waals surface area (Å²) in [4.78, 5) is 39.7. The molecule has 0 saturated heterocycles. The van der Waals surface area contributed by atoms with Crippen molar-refractivity contribution in [3.05, 3.63) is 90.4 Å². The van der Waals surface area contributed by atoms with Crippen molar-refractivity contribution in [3.8, 4) is 0 Å². The Morgan fingerprint density at radius 1 is 1.14 bits per heavy atom. The Bertz CT molecular complexity index is 1100. The number of thiophene rings is 1. The average Bonchev–Trinajstić information content (AvgIpc) is 3.00. The third kappa shape index (κ3) is 4.48. The summed E-state index contributed by atoms with van der Waals surface area (Å²) in [6.45, 7) is 5.97. The number of hydrogen-bond acceptors (Lipinski definition) is 4. The van der Waals surface area contributed by atoms with Gasteiger partial charge in [-0.3, -0.25) is 18.7 Å². The summed E-state index contributed by atoms with van der Waals surface area (Å²) in [6, 6.07) is 12.7. The Morgan fingerprint density at radius 2 is 1.86 bits per heavy atom. The van der Waals surface area contributed by atoms with Crippen LogP contribution in [0.25, 0.3) is 0 Å². The van der Waals surface area contributed by atoms with E-state index in [0.717, 1.165) is 20.6 Å². The predicted octanol–water partition coefficient (Wildman–Crippen LogP) is 2.61. The molecular formula is C21H23N3O3S. The first-order valence-corrected chi connectivity index (χ1v) is 9.87. The second-order valence-electron chi connectivity index (χ2n) is 6.79. The molecule has 0 radical (unpaired) electrons. The van der Waals surface area contributed by atoms with E-state index in [-0.39, 0.29) is 18.5 Å². The minimum Gasteiger partial charge on any atom is -0.348 e. The van der Waals surface area contributed by atoms with E-state index in [1.165, 1.54) is 21.7 Å². The van der Waals surface area contributed by atoms with Crippen LogP contribution in [0.15, 0.2) is 58.3 Å². The first-order valence-electron chi connectivity index (χ1n) is 9.05. The molecule has 2 heterocycles. The lowest BCUT2D eigenvalue weighted by Crippen LogP contribution is -2.43. The van der Waals surface area contributed by atoms with Gasteiger partial charge < -0.3 is 5.32 Å². The summed E-state index contributed by atoms with van der Waals surface area (Å²) in [5.41, 5.74) is 1.01. The van der Waals surface area contributed by atoms with E-state index in [0.29, 0.717) is 6.54 Å². The Kier molecular flexibility index (Phi) is 5.94. The molecule has 0 saturated carbocycles. The number of nitrogens with zero attached hydrogens (tertiary/aromatic N) is 2. The van der Waals surface area contributed by atoms with Gasteiger partial charge >= 0.3 is 5.69 Å². The molecule has 0 bridgehead atoms. The maximum absolute atomic E-state index is 12.7. The van der Waals surface area contributed by atoms with Crippen molar-refractivity contribution < 1.29 is 4.79 Å². The molecule has 0 aliphatic carbocycles. The molecular weight excluding hydrogens is 374 g/mol. The highest BCUT2D eigenvalue weighted by atomic mass is 32.1. The summed E-state index contributed by atoms with van der Waals surface area (Å²) in [5.74, 6) is -0.368. The van der Waals surface area contributed by atoms with E-state index in [1.807, 2.05) is 57.2 Å². The van der Waals surface area contributed by atoms with Gasteiger partial charge in [-0.05, 0) is 38.0 Å². The molecule has 0 aliphatic rings. The largest absolute Gasteiger partial charge is 0.348 e. The highest BCUT2D eigenvalue weighted by molar-refractivity contribution is 7.12. The third-order valence-electron chi connectivity index (χ3n) is 4.56. The van der Waals surface area contributed by atoms with Gasteiger partial charge in [-0.25, -0.2) is 4.79 Å². The third-order valence-corrected chi connectivity index (χ3v) is 5.54. The predicted molar refractivity (Wildman–Crippen MR) is 111 cm³/mol. The quantitative estimate of drug-likeness (QED) is 0.695. The molecule has 1 aromatic carbocycles. The Hall–Kier alpha value is -2.93. The van der Waals surface area contributed by atoms with E-state index in [2.05, 4.69) is 5.32 Å². The molecule has 146 valence electrons. The van der Waals surface area contributed by atoms with Gasteiger partial charge in [0.25, 0.3) is 5.56 Å². The molecule has 28 heavy (non-hydrogen) atoms. The maximum atomic E-state index is 12.7. The average molecular weight is 398 g/mol. The summed E-state index contributed by atoms with van der Waals surface area (Å²) in [6.07, 6.45) is 1.46. The van der Waals surface area contributed by atoms with Crippen LogP contribution in [-0.2, 0) is 17.9 Å². The van der Waals surface area contributed by atoms with Gasteiger partial charge in [0.05, 0.1) is 12.6 Å². The maximum Gasteiger partial charge on any atom is 0.331 e. The van der Waals surface area contributed by atoms with Gasteiger partial charge in [-0.2, -0.15) is 0 Å². The number of carbonyl (C=O) groups excluding carboxylic acids is 1. The van der Waals surface area contributed by atoms with E-state index < -0.39 is 11.2 Å². The van der Waals surface area contributed by atoms with Gasteiger partial charge in [-0.1, -0.05) is 30.3 Å². The van der Waals surface area contributed by atoms with Crippen LogP contribution >= 0.6 is 11.3 Å². The number of benzene rings is 1. The van der Waals surface area contributed by atoms with Crippen molar-refractivity contribution in [3.63, 3.8) is 0 Å². The number of rotatable bonds is 6. The van der Waals surface area contributed by atoms with Crippen LogP contribution in [0.1, 0.15) is 33.8 Å². The van der Waals surface area contributed by atoms with Gasteiger partial charge in [0.2, 0.25) is 5.91 Å². The zero-order valence-electron chi connectivity index (χ0n) is 16.1. The molecule has 0 spiro atoms. The summed E-state index contributed by atoms with van der Waals surface area (Å²) < 4.78 is 2.40. The van der Waals surface area contributed by atoms with Crippen LogP contribution in [0.2, 0.25) is 0 Å². The smallest absolute Gasteiger partial charge is 0.331 e. The summed E-state index contributed by atoms with van der Waals surface area (Å²) >= 11 is 1.68.